The predicted octanol–water partition coefficient (Wildman–Crippen LogP) is 4.52. The maximum Gasteiger partial charge on any atom is 0.349 e. The minimum Gasteiger partial charge on any atom is -0.490 e. The molecule has 2 aromatic rings. The molecule has 0 N–H and O–H groups in total. The fourth-order valence-electron chi connectivity index (χ4n) is 2.32. The van der Waals surface area contributed by atoms with E-state index < -0.39 is 5.97 Å². The van der Waals surface area contributed by atoms with Crippen LogP contribution in [0.2, 0.25) is 0 Å². The fraction of sp³-hybridized carbons (Fsp3) is 0.273. The first kappa shape index (κ1) is 20.1. The monoisotopic (exact) mass is 365 g/mol. The molecule has 0 aromatic heterocycles. The van der Waals surface area contributed by atoms with Crippen LogP contribution in [0.1, 0.15) is 31.9 Å². The molecule has 0 saturated carbocycles. The summed E-state index contributed by atoms with van der Waals surface area (Å²) in [4.78, 5) is 12.0. The summed E-state index contributed by atoms with van der Waals surface area (Å²) in [5.41, 5.74) is 1.64. The molecule has 0 saturated heterocycles. The largest absolute Gasteiger partial charge is 0.490 e. The Kier molecular flexibility index (Phi) is 7.45. The third-order valence-electron chi connectivity index (χ3n) is 3.50. The van der Waals surface area contributed by atoms with Gasteiger partial charge in [0.05, 0.1) is 12.7 Å². The van der Waals surface area contributed by atoms with E-state index in [-0.39, 0.29) is 11.7 Å². The third kappa shape index (κ3) is 6.19. The van der Waals surface area contributed by atoms with E-state index in [0.29, 0.717) is 30.3 Å². The van der Waals surface area contributed by atoms with Crippen LogP contribution in [0.4, 0.5) is 0 Å². The van der Waals surface area contributed by atoms with Crippen molar-refractivity contribution in [2.45, 2.75) is 33.5 Å². The number of rotatable bonds is 8. The molecule has 0 fully saturated rings. The molecular weight excluding hydrogens is 342 g/mol. The first-order valence-corrected chi connectivity index (χ1v) is 8.79. The van der Waals surface area contributed by atoms with Crippen LogP contribution in [-0.4, -0.2) is 18.7 Å². The molecule has 27 heavy (non-hydrogen) atoms. The molecule has 140 valence electrons. The van der Waals surface area contributed by atoms with Crippen molar-refractivity contribution >= 4 is 12.0 Å². The number of nitriles is 1. The number of ether oxygens (including phenoxy) is 3. The standard InChI is InChI=1S/C22H23NO4/c1-4-25-21-13-18(12-19(14-23)22(24)27-16(2)3)10-11-20(21)26-15-17-8-6-5-7-9-17/h5-13,16H,4,15H2,1-3H3/b19-12+. The second-order valence-electron chi connectivity index (χ2n) is 6.04. The molecule has 0 radical (unpaired) electrons. The first-order chi connectivity index (χ1) is 13.0. The van der Waals surface area contributed by atoms with Crippen LogP contribution in [0, 0.1) is 11.3 Å². The van der Waals surface area contributed by atoms with Gasteiger partial charge in [0, 0.05) is 0 Å². The van der Waals surface area contributed by atoms with Gasteiger partial charge in [-0.1, -0.05) is 36.4 Å². The zero-order valence-corrected chi connectivity index (χ0v) is 15.8. The predicted molar refractivity (Wildman–Crippen MR) is 103 cm³/mol. The van der Waals surface area contributed by atoms with Gasteiger partial charge in [0.25, 0.3) is 0 Å². The lowest BCUT2D eigenvalue weighted by atomic mass is 10.1. The van der Waals surface area contributed by atoms with Crippen molar-refractivity contribution in [1.29, 1.82) is 5.26 Å². The summed E-state index contributed by atoms with van der Waals surface area (Å²) in [5.74, 6) is 0.507. The number of benzene rings is 2. The maximum absolute atomic E-state index is 12.0. The lowest BCUT2D eigenvalue weighted by Crippen LogP contribution is -2.12. The average molecular weight is 365 g/mol. The summed E-state index contributed by atoms with van der Waals surface area (Å²) >= 11 is 0. The van der Waals surface area contributed by atoms with E-state index in [4.69, 9.17) is 14.2 Å². The van der Waals surface area contributed by atoms with Crippen LogP contribution in [0.25, 0.3) is 6.08 Å². The number of carbonyl (C=O) groups is 1. The molecule has 0 spiro atoms. The van der Waals surface area contributed by atoms with Crippen LogP contribution in [0.5, 0.6) is 11.5 Å². The van der Waals surface area contributed by atoms with Gasteiger partial charge in [0.2, 0.25) is 0 Å². The van der Waals surface area contributed by atoms with Crippen LogP contribution < -0.4 is 9.47 Å². The molecule has 0 amide bonds. The minimum absolute atomic E-state index is 0.0656. The lowest BCUT2D eigenvalue weighted by Gasteiger charge is -2.13. The zero-order valence-electron chi connectivity index (χ0n) is 15.8. The van der Waals surface area contributed by atoms with Gasteiger partial charge < -0.3 is 14.2 Å². The van der Waals surface area contributed by atoms with E-state index in [1.807, 2.05) is 43.3 Å². The van der Waals surface area contributed by atoms with E-state index in [2.05, 4.69) is 0 Å². The van der Waals surface area contributed by atoms with Crippen LogP contribution in [0.3, 0.4) is 0 Å². The SMILES string of the molecule is CCOc1cc(/C=C(\C#N)C(=O)OC(C)C)ccc1OCc1ccccc1. The highest BCUT2D eigenvalue weighted by atomic mass is 16.5. The third-order valence-corrected chi connectivity index (χ3v) is 3.50. The second-order valence-corrected chi connectivity index (χ2v) is 6.04. The quantitative estimate of drug-likeness (QED) is 0.391. The molecular formula is C22H23NO4. The number of carbonyl (C=O) groups excluding carboxylic acids is 1. The fourth-order valence-corrected chi connectivity index (χ4v) is 2.32. The van der Waals surface area contributed by atoms with Crippen LogP contribution >= 0.6 is 0 Å². The highest BCUT2D eigenvalue weighted by molar-refractivity contribution is 5.98. The van der Waals surface area contributed by atoms with Crippen molar-refractivity contribution in [2.24, 2.45) is 0 Å². The molecule has 0 aliphatic carbocycles. The van der Waals surface area contributed by atoms with Crippen LogP contribution in [0.15, 0.2) is 54.1 Å². The Morgan fingerprint density at radius 2 is 1.85 bits per heavy atom. The van der Waals surface area contributed by atoms with Gasteiger partial charge in [0.1, 0.15) is 18.2 Å². The highest BCUT2D eigenvalue weighted by Crippen LogP contribution is 2.30. The number of esters is 1. The van der Waals surface area contributed by atoms with Crippen molar-refractivity contribution in [3.8, 4) is 17.6 Å². The molecule has 0 heterocycles. The smallest absolute Gasteiger partial charge is 0.349 e. The van der Waals surface area contributed by atoms with Crippen LogP contribution in [-0.2, 0) is 16.1 Å². The first-order valence-electron chi connectivity index (χ1n) is 8.79. The van der Waals surface area contributed by atoms with Gasteiger partial charge in [-0.15, -0.1) is 0 Å². The topological polar surface area (TPSA) is 68.5 Å². The summed E-state index contributed by atoms with van der Waals surface area (Å²) in [6.07, 6.45) is 1.19. The van der Waals surface area contributed by atoms with Crippen molar-refractivity contribution in [3.05, 3.63) is 65.2 Å². The Balaban J connectivity index is 2.21. The van der Waals surface area contributed by atoms with Gasteiger partial charge in [-0.25, -0.2) is 4.79 Å². The number of hydrogen-bond donors (Lipinski definition) is 0. The normalized spacial score (nSPS) is 11.0. The average Bonchev–Trinajstić information content (AvgIpc) is 2.66. The molecule has 0 atom stereocenters. The lowest BCUT2D eigenvalue weighted by molar-refractivity contribution is -0.142. The van der Waals surface area contributed by atoms with E-state index in [1.165, 1.54) is 6.08 Å². The highest BCUT2D eigenvalue weighted by Gasteiger charge is 2.13. The summed E-state index contributed by atoms with van der Waals surface area (Å²) in [5, 5.41) is 9.23. The molecule has 0 aliphatic rings. The van der Waals surface area contributed by atoms with Crippen molar-refractivity contribution in [2.75, 3.05) is 6.61 Å². The van der Waals surface area contributed by atoms with E-state index in [9.17, 15) is 10.1 Å². The van der Waals surface area contributed by atoms with E-state index in [1.54, 1.807) is 32.0 Å². The number of hydrogen-bond acceptors (Lipinski definition) is 5. The van der Waals surface area contributed by atoms with E-state index in [0.717, 1.165) is 5.56 Å². The molecule has 5 nitrogen and oxygen atoms in total. The summed E-state index contributed by atoms with van der Waals surface area (Å²) in [6.45, 7) is 6.23. The Labute approximate surface area is 159 Å². The number of nitrogens with zero attached hydrogens (tertiary/aromatic N) is 1. The molecule has 0 unspecified atom stereocenters. The van der Waals surface area contributed by atoms with Crippen molar-refractivity contribution in [1.82, 2.24) is 0 Å². The van der Waals surface area contributed by atoms with Gasteiger partial charge in [0.15, 0.2) is 11.5 Å². The maximum atomic E-state index is 12.0. The van der Waals surface area contributed by atoms with Gasteiger partial charge in [-0.05, 0) is 50.1 Å². The van der Waals surface area contributed by atoms with Gasteiger partial charge >= 0.3 is 5.97 Å². The summed E-state index contributed by atoms with van der Waals surface area (Å²) < 4.78 is 16.6. The molecule has 2 aromatic carbocycles. The Morgan fingerprint density at radius 1 is 1.11 bits per heavy atom. The van der Waals surface area contributed by atoms with E-state index >= 15 is 0 Å². The van der Waals surface area contributed by atoms with Gasteiger partial charge in [-0.3, -0.25) is 0 Å². The summed E-state index contributed by atoms with van der Waals surface area (Å²) in [7, 11) is 0. The van der Waals surface area contributed by atoms with Crippen molar-refractivity contribution < 1.29 is 19.0 Å². The van der Waals surface area contributed by atoms with Gasteiger partial charge in [-0.2, -0.15) is 5.26 Å². The Bertz CT molecular complexity index is 835. The summed E-state index contributed by atoms with van der Waals surface area (Å²) in [6, 6.07) is 17.0. The zero-order chi connectivity index (χ0) is 19.6. The molecule has 0 aliphatic heterocycles. The molecule has 0 bridgehead atoms. The minimum atomic E-state index is -0.644. The second kappa shape index (κ2) is 10.0. The van der Waals surface area contributed by atoms with Crippen molar-refractivity contribution in [3.63, 3.8) is 0 Å². The molecule has 2 rings (SSSR count). The molecule has 5 heteroatoms. The Morgan fingerprint density at radius 3 is 2.48 bits per heavy atom. The Hall–Kier alpha value is -3.26.